The maximum Gasteiger partial charge on any atom is 0.116 e. The van der Waals surface area contributed by atoms with Gasteiger partial charge in [-0.15, -0.1) is 11.3 Å². The van der Waals surface area contributed by atoms with E-state index in [1.165, 1.54) is 33.5 Å². The number of hydrogen-bond donors (Lipinski definition) is 3. The van der Waals surface area contributed by atoms with Crippen LogP contribution in [0.1, 0.15) is 37.1 Å². The van der Waals surface area contributed by atoms with Crippen LogP contribution >= 0.6 is 11.3 Å². The molecule has 4 nitrogen and oxygen atoms in total. The fraction of sp³-hybridized carbons (Fsp3) is 0.147. The average Bonchev–Trinajstić information content (AvgIpc) is 3.33. The summed E-state index contributed by atoms with van der Waals surface area (Å²) in [6.07, 6.45) is 8.54. The number of rotatable bonds is 9. The Morgan fingerprint density at radius 2 is 1.90 bits per heavy atom. The van der Waals surface area contributed by atoms with Crippen molar-refractivity contribution in [1.29, 1.82) is 0 Å². The van der Waals surface area contributed by atoms with E-state index >= 15 is 0 Å². The predicted molar refractivity (Wildman–Crippen MR) is 168 cm³/mol. The molecule has 0 amide bonds. The number of nitrogens with zero attached hydrogens (tertiary/aromatic N) is 1. The second-order valence-corrected chi connectivity index (χ2v) is 11.3. The highest BCUT2D eigenvalue weighted by Crippen LogP contribution is 2.38. The van der Waals surface area contributed by atoms with Crippen LogP contribution in [0.2, 0.25) is 0 Å². The number of hydrogen-bond acceptors (Lipinski definition) is 3. The molecule has 0 bridgehead atoms. The highest BCUT2D eigenvalue weighted by molar-refractivity contribution is 7.16. The summed E-state index contributed by atoms with van der Waals surface area (Å²) in [6.45, 7) is 16.4. The van der Waals surface area contributed by atoms with Gasteiger partial charge in [0.2, 0.25) is 0 Å². The minimum atomic E-state index is 0.581. The van der Waals surface area contributed by atoms with E-state index in [9.17, 15) is 0 Å². The molecule has 194 valence electrons. The molecule has 3 heterocycles. The van der Waals surface area contributed by atoms with Crippen molar-refractivity contribution in [2.75, 3.05) is 0 Å². The highest BCUT2D eigenvalue weighted by Gasteiger charge is 2.24. The molecule has 5 aromatic rings. The molecule has 0 spiro atoms. The van der Waals surface area contributed by atoms with Crippen molar-refractivity contribution in [2.24, 2.45) is 5.92 Å². The van der Waals surface area contributed by atoms with E-state index in [0.717, 1.165) is 55.9 Å². The predicted octanol–water partition coefficient (Wildman–Crippen LogP) is 9.46. The second kappa shape index (κ2) is 10.1. The quantitative estimate of drug-likeness (QED) is 0.167. The molecule has 5 heteroatoms. The number of H-pyrrole nitrogens is 2. The van der Waals surface area contributed by atoms with E-state index in [2.05, 4.69) is 116 Å². The van der Waals surface area contributed by atoms with E-state index in [1.54, 1.807) is 11.3 Å². The van der Waals surface area contributed by atoms with Crippen LogP contribution < -0.4 is 5.32 Å². The van der Waals surface area contributed by atoms with Crippen molar-refractivity contribution in [3.63, 3.8) is 0 Å². The normalized spacial score (nSPS) is 14.2. The van der Waals surface area contributed by atoms with Gasteiger partial charge in [-0.1, -0.05) is 44.0 Å². The van der Waals surface area contributed by atoms with Gasteiger partial charge in [0.25, 0.3) is 0 Å². The molecule has 0 aliphatic heterocycles. The Labute approximate surface area is 233 Å². The first-order valence-corrected chi connectivity index (χ1v) is 14.1. The summed E-state index contributed by atoms with van der Waals surface area (Å²) in [5, 5.41) is 13.7. The molecule has 1 aliphatic carbocycles. The Kier molecular flexibility index (Phi) is 6.45. The van der Waals surface area contributed by atoms with Crippen molar-refractivity contribution in [3.05, 3.63) is 114 Å². The zero-order valence-electron chi connectivity index (χ0n) is 22.4. The first kappa shape index (κ1) is 25.0. The molecule has 1 fully saturated rings. The van der Waals surface area contributed by atoms with Crippen LogP contribution in [0.15, 0.2) is 104 Å². The number of aromatic nitrogens is 3. The number of aromatic amines is 2. The third-order valence-corrected chi connectivity index (χ3v) is 8.60. The van der Waals surface area contributed by atoms with Gasteiger partial charge in [0.1, 0.15) is 5.69 Å². The largest absolute Gasteiger partial charge is 0.359 e. The van der Waals surface area contributed by atoms with Crippen molar-refractivity contribution < 1.29 is 0 Å². The summed E-state index contributed by atoms with van der Waals surface area (Å²) < 4.78 is 0. The van der Waals surface area contributed by atoms with Crippen LogP contribution in [-0.2, 0) is 0 Å². The van der Waals surface area contributed by atoms with Crippen LogP contribution in [-0.4, -0.2) is 15.2 Å². The lowest BCUT2D eigenvalue weighted by atomic mass is 10.0. The summed E-state index contributed by atoms with van der Waals surface area (Å²) in [5.41, 5.74) is 10.6. The second-order valence-electron chi connectivity index (χ2n) is 10.2. The summed E-state index contributed by atoms with van der Waals surface area (Å²) in [7, 11) is 0. The first-order chi connectivity index (χ1) is 18.9. The Balaban J connectivity index is 1.38. The van der Waals surface area contributed by atoms with E-state index in [-0.39, 0.29) is 0 Å². The molecule has 0 atom stereocenters. The molecular formula is C34H32N4S. The maximum atomic E-state index is 4.72. The Morgan fingerprint density at radius 1 is 1.05 bits per heavy atom. The van der Waals surface area contributed by atoms with E-state index in [4.69, 9.17) is 5.10 Å². The van der Waals surface area contributed by atoms with Crippen LogP contribution in [0.25, 0.3) is 54.8 Å². The standard InChI is InChI=1S/C34H32N4S/c1-6-22(17-25(7-2)35-21(5)23-11-12-23)24-13-14-30-28(18-24)34(38-37-30)31-19-27-26(9-8-10-29(27)36-31)33-16-15-32(39-33)20(3)4/h6-10,13-19,23,35-36H,2-3,5,11-12H2,1,4H3,(H,37,38)/b22-6+,25-17+. The highest BCUT2D eigenvalue weighted by atomic mass is 32.1. The molecule has 6 rings (SSSR count). The van der Waals surface area contributed by atoms with Gasteiger partial charge in [0, 0.05) is 43.0 Å². The smallest absolute Gasteiger partial charge is 0.116 e. The lowest BCUT2D eigenvalue weighted by Crippen LogP contribution is -2.11. The van der Waals surface area contributed by atoms with Crippen molar-refractivity contribution >= 4 is 44.3 Å². The number of allylic oxidation sites excluding steroid dienone is 6. The van der Waals surface area contributed by atoms with Gasteiger partial charge < -0.3 is 10.3 Å². The Hall–Kier alpha value is -4.35. The van der Waals surface area contributed by atoms with E-state index in [0.29, 0.717) is 5.92 Å². The topological polar surface area (TPSA) is 56.5 Å². The maximum absolute atomic E-state index is 4.72. The molecule has 1 saturated carbocycles. The van der Waals surface area contributed by atoms with E-state index < -0.39 is 0 Å². The van der Waals surface area contributed by atoms with Crippen molar-refractivity contribution in [1.82, 2.24) is 20.5 Å². The van der Waals surface area contributed by atoms with Gasteiger partial charge in [-0.25, -0.2) is 0 Å². The molecule has 39 heavy (non-hydrogen) atoms. The molecule has 0 unspecified atom stereocenters. The van der Waals surface area contributed by atoms with Crippen LogP contribution in [0.3, 0.4) is 0 Å². The molecule has 0 saturated heterocycles. The van der Waals surface area contributed by atoms with Gasteiger partial charge in [0.15, 0.2) is 0 Å². The summed E-state index contributed by atoms with van der Waals surface area (Å²) in [5.74, 6) is 0.581. The molecule has 3 N–H and O–H groups in total. The fourth-order valence-corrected chi connectivity index (χ4v) is 5.95. The van der Waals surface area contributed by atoms with Crippen LogP contribution in [0.4, 0.5) is 0 Å². The number of thiophene rings is 1. The summed E-state index contributed by atoms with van der Waals surface area (Å²) in [4.78, 5) is 6.06. The lowest BCUT2D eigenvalue weighted by Gasteiger charge is -2.11. The van der Waals surface area contributed by atoms with E-state index in [1.807, 2.05) is 6.08 Å². The first-order valence-electron chi connectivity index (χ1n) is 13.3. The zero-order valence-corrected chi connectivity index (χ0v) is 23.2. The minimum Gasteiger partial charge on any atom is -0.359 e. The molecule has 2 aromatic carbocycles. The third-order valence-electron chi connectivity index (χ3n) is 7.32. The molecule has 1 aliphatic rings. The van der Waals surface area contributed by atoms with Gasteiger partial charge in [0.05, 0.1) is 11.2 Å². The summed E-state index contributed by atoms with van der Waals surface area (Å²) >= 11 is 1.78. The van der Waals surface area contributed by atoms with Crippen molar-refractivity contribution in [2.45, 2.75) is 26.7 Å². The SMILES string of the molecule is C=C/C(=C\C(=C/C)c1ccc2[nH]nc(-c3cc4c(-c5ccc(C(=C)C)s5)cccc4[nH]3)c2c1)NC(=C)C1CC1. The summed E-state index contributed by atoms with van der Waals surface area (Å²) in [6, 6.07) is 19.4. The van der Waals surface area contributed by atoms with Gasteiger partial charge in [-0.3, -0.25) is 5.10 Å². The number of fused-ring (bicyclic) bond motifs is 2. The Bertz CT molecular complexity index is 1820. The molecule has 3 aromatic heterocycles. The van der Waals surface area contributed by atoms with Crippen molar-refractivity contribution in [3.8, 4) is 21.8 Å². The number of benzene rings is 2. The average molecular weight is 529 g/mol. The monoisotopic (exact) mass is 528 g/mol. The fourth-order valence-electron chi connectivity index (χ4n) is 4.97. The Morgan fingerprint density at radius 3 is 2.62 bits per heavy atom. The lowest BCUT2D eigenvalue weighted by molar-refractivity contribution is 0.865. The van der Waals surface area contributed by atoms with Gasteiger partial charge in [-0.05, 0) is 97.9 Å². The van der Waals surface area contributed by atoms with Gasteiger partial charge in [-0.2, -0.15) is 5.10 Å². The zero-order chi connectivity index (χ0) is 27.1. The third kappa shape index (κ3) is 4.82. The van der Waals surface area contributed by atoms with Crippen LogP contribution in [0, 0.1) is 5.92 Å². The minimum absolute atomic E-state index is 0.581. The molecular weight excluding hydrogens is 496 g/mol. The van der Waals surface area contributed by atoms with Crippen LogP contribution in [0.5, 0.6) is 0 Å². The number of nitrogens with one attached hydrogen (secondary N) is 3. The van der Waals surface area contributed by atoms with Gasteiger partial charge >= 0.3 is 0 Å². The molecule has 0 radical (unpaired) electrons.